The number of hydrogen-bond acceptors (Lipinski definition) is 7. The fraction of sp³-hybridized carbons (Fsp3) is 0.320. The molecule has 0 spiro atoms. The molecule has 178 valence electrons. The van der Waals surface area contributed by atoms with E-state index >= 15 is 0 Å². The number of nitrogens with zero attached hydrogens (tertiary/aromatic N) is 5. The molecule has 10 heteroatoms. The molecule has 35 heavy (non-hydrogen) atoms. The lowest BCUT2D eigenvalue weighted by Crippen LogP contribution is -2.51. The Morgan fingerprint density at radius 2 is 1.94 bits per heavy atom. The second-order valence-electron chi connectivity index (χ2n) is 9.14. The number of primary amides is 1. The van der Waals surface area contributed by atoms with Gasteiger partial charge in [-0.25, -0.2) is 19.0 Å². The van der Waals surface area contributed by atoms with E-state index in [4.69, 9.17) is 5.73 Å². The molecule has 2 aromatic heterocycles. The lowest BCUT2D eigenvalue weighted by molar-refractivity contribution is -0.126. The van der Waals surface area contributed by atoms with Crippen LogP contribution in [0, 0.1) is 5.82 Å². The number of aromatic nitrogens is 5. The molecule has 6 rings (SSSR count). The van der Waals surface area contributed by atoms with Crippen LogP contribution in [0.2, 0.25) is 0 Å². The van der Waals surface area contributed by atoms with Gasteiger partial charge in [-0.2, -0.15) is 0 Å². The standard InChI is InChI=1S/C25H24FN7OS/c26-16-8-10-17(11-9-16)35-20-7-4-12-25(20,24(27)34)33-23-21(31-32-33)22(28-14-29-23)30-19-13-18(19)15-5-2-1-3-6-15/h1-3,5-6,8-11,14,18-20H,4,7,12-13H2,(H2,27,34)(H,28,29,30). The lowest BCUT2D eigenvalue weighted by atomic mass is 9.96. The lowest BCUT2D eigenvalue weighted by Gasteiger charge is -2.32. The number of carbonyl (C=O) groups is 1. The van der Waals surface area contributed by atoms with Crippen LogP contribution >= 0.6 is 11.8 Å². The summed E-state index contributed by atoms with van der Waals surface area (Å²) >= 11 is 1.51. The van der Waals surface area contributed by atoms with Gasteiger partial charge in [0.25, 0.3) is 0 Å². The number of carbonyl (C=O) groups excluding carboxylic acids is 1. The van der Waals surface area contributed by atoms with Crippen LogP contribution in [-0.2, 0) is 10.3 Å². The maximum absolute atomic E-state index is 13.4. The normalized spacial score (nSPS) is 25.6. The number of fused-ring (bicyclic) bond motifs is 1. The van der Waals surface area contributed by atoms with Crippen LogP contribution in [0.5, 0.6) is 0 Å². The molecule has 0 saturated heterocycles. The van der Waals surface area contributed by atoms with Crippen LogP contribution in [-0.4, -0.2) is 42.2 Å². The fourth-order valence-electron chi connectivity index (χ4n) is 5.14. The number of thioether (sulfide) groups is 1. The summed E-state index contributed by atoms with van der Waals surface area (Å²) in [5.74, 6) is 0.247. The average molecular weight is 490 g/mol. The van der Waals surface area contributed by atoms with Crippen LogP contribution in [0.3, 0.4) is 0 Å². The second-order valence-corrected chi connectivity index (χ2v) is 10.4. The van der Waals surface area contributed by atoms with Crippen LogP contribution < -0.4 is 11.1 Å². The van der Waals surface area contributed by atoms with Gasteiger partial charge in [-0.1, -0.05) is 35.5 Å². The summed E-state index contributed by atoms with van der Waals surface area (Å²) in [6.07, 6.45) is 4.58. The largest absolute Gasteiger partial charge is 0.368 e. The van der Waals surface area contributed by atoms with E-state index < -0.39 is 11.4 Å². The molecule has 2 aromatic carbocycles. The Bertz CT molecular complexity index is 1380. The number of nitrogens with one attached hydrogen (secondary N) is 1. The average Bonchev–Trinajstić information content (AvgIpc) is 3.29. The quantitative estimate of drug-likeness (QED) is 0.405. The first-order valence-electron chi connectivity index (χ1n) is 11.7. The molecular weight excluding hydrogens is 465 g/mol. The molecule has 3 N–H and O–H groups in total. The third-order valence-corrected chi connectivity index (χ3v) is 8.49. The van der Waals surface area contributed by atoms with E-state index in [9.17, 15) is 9.18 Å². The molecule has 2 aliphatic carbocycles. The highest BCUT2D eigenvalue weighted by atomic mass is 32.2. The van der Waals surface area contributed by atoms with E-state index in [0.717, 1.165) is 24.2 Å². The zero-order valence-corrected chi connectivity index (χ0v) is 19.7. The van der Waals surface area contributed by atoms with E-state index in [0.29, 0.717) is 29.3 Å². The molecule has 1 amide bonds. The fourth-order valence-corrected chi connectivity index (χ4v) is 6.58. The van der Waals surface area contributed by atoms with E-state index in [2.05, 4.69) is 37.7 Å². The monoisotopic (exact) mass is 489 g/mol. The van der Waals surface area contributed by atoms with Gasteiger partial charge in [-0.3, -0.25) is 4.79 Å². The number of rotatable bonds is 7. The number of halogens is 1. The highest BCUT2D eigenvalue weighted by molar-refractivity contribution is 8.00. The Labute approximate surface area is 205 Å². The first-order valence-corrected chi connectivity index (χ1v) is 12.5. The molecule has 2 fully saturated rings. The Hall–Kier alpha value is -3.53. The van der Waals surface area contributed by atoms with Gasteiger partial charge < -0.3 is 11.1 Å². The van der Waals surface area contributed by atoms with Crippen molar-refractivity contribution in [1.29, 1.82) is 0 Å². The van der Waals surface area contributed by atoms with E-state index in [-0.39, 0.29) is 17.1 Å². The molecule has 4 unspecified atom stereocenters. The Balaban J connectivity index is 1.32. The topological polar surface area (TPSA) is 112 Å². The molecule has 4 atom stereocenters. The summed E-state index contributed by atoms with van der Waals surface area (Å²) in [4.78, 5) is 22.7. The Morgan fingerprint density at radius 1 is 1.14 bits per heavy atom. The minimum atomic E-state index is -1.09. The van der Waals surface area contributed by atoms with Crippen LogP contribution in [0.1, 0.15) is 37.2 Å². The first-order chi connectivity index (χ1) is 17.1. The highest BCUT2D eigenvalue weighted by Gasteiger charge is 2.52. The molecule has 4 aromatic rings. The first kappa shape index (κ1) is 22.0. The van der Waals surface area contributed by atoms with E-state index in [1.54, 1.807) is 16.8 Å². The van der Waals surface area contributed by atoms with Crippen LogP contribution in [0.25, 0.3) is 11.2 Å². The predicted molar refractivity (Wildman–Crippen MR) is 131 cm³/mol. The summed E-state index contributed by atoms with van der Waals surface area (Å²) < 4.78 is 15.0. The highest BCUT2D eigenvalue weighted by Crippen LogP contribution is 2.47. The SMILES string of the molecule is NC(=O)C1(n2nnc3c(NC4CC4c4ccccc4)ncnc32)CCCC1Sc1ccc(F)cc1. The zero-order valence-electron chi connectivity index (χ0n) is 18.8. The third-order valence-electron chi connectivity index (χ3n) is 7.03. The van der Waals surface area contributed by atoms with Gasteiger partial charge in [-0.05, 0) is 55.5 Å². The molecule has 0 aliphatic heterocycles. The molecule has 2 aliphatic rings. The van der Waals surface area contributed by atoms with Crippen molar-refractivity contribution in [2.45, 2.75) is 53.3 Å². The van der Waals surface area contributed by atoms with Crippen molar-refractivity contribution in [2.24, 2.45) is 5.73 Å². The summed E-state index contributed by atoms with van der Waals surface area (Å²) in [5, 5.41) is 12.1. The van der Waals surface area contributed by atoms with Crippen molar-refractivity contribution in [1.82, 2.24) is 25.0 Å². The van der Waals surface area contributed by atoms with E-state index in [1.165, 1.54) is 35.8 Å². The van der Waals surface area contributed by atoms with Crippen molar-refractivity contribution in [3.63, 3.8) is 0 Å². The van der Waals surface area contributed by atoms with Crippen molar-refractivity contribution in [2.75, 3.05) is 5.32 Å². The molecule has 0 bridgehead atoms. The summed E-state index contributed by atoms with van der Waals surface area (Å²) in [6.45, 7) is 0. The predicted octanol–water partition coefficient (Wildman–Crippen LogP) is 3.85. The summed E-state index contributed by atoms with van der Waals surface area (Å²) in [5.41, 5.74) is 7.23. The van der Waals surface area contributed by atoms with Crippen molar-refractivity contribution in [3.8, 4) is 0 Å². The number of amides is 1. The number of benzene rings is 2. The number of nitrogens with two attached hydrogens (primary N) is 1. The Morgan fingerprint density at radius 3 is 2.71 bits per heavy atom. The summed E-state index contributed by atoms with van der Waals surface area (Å²) in [6, 6.07) is 16.9. The van der Waals surface area contributed by atoms with Crippen molar-refractivity contribution in [3.05, 3.63) is 72.3 Å². The van der Waals surface area contributed by atoms with Crippen LogP contribution in [0.4, 0.5) is 10.2 Å². The smallest absolute Gasteiger partial charge is 0.246 e. The second kappa shape index (κ2) is 8.60. The van der Waals surface area contributed by atoms with Crippen LogP contribution in [0.15, 0.2) is 65.8 Å². The third kappa shape index (κ3) is 3.81. The molecule has 0 radical (unpaired) electrons. The van der Waals surface area contributed by atoms with Gasteiger partial charge in [0.2, 0.25) is 5.91 Å². The number of anilines is 1. The van der Waals surface area contributed by atoms with Crippen molar-refractivity contribution >= 4 is 34.7 Å². The van der Waals surface area contributed by atoms with Gasteiger partial charge in [0.1, 0.15) is 12.1 Å². The maximum Gasteiger partial charge on any atom is 0.246 e. The van der Waals surface area contributed by atoms with Gasteiger partial charge in [0.05, 0.1) is 0 Å². The van der Waals surface area contributed by atoms with Crippen molar-refractivity contribution < 1.29 is 9.18 Å². The van der Waals surface area contributed by atoms with E-state index in [1.807, 2.05) is 18.2 Å². The molecule has 2 heterocycles. The maximum atomic E-state index is 13.4. The minimum Gasteiger partial charge on any atom is -0.368 e. The van der Waals surface area contributed by atoms with Gasteiger partial charge in [0, 0.05) is 22.1 Å². The summed E-state index contributed by atoms with van der Waals surface area (Å²) in [7, 11) is 0. The molecular formula is C25H24FN7OS. The zero-order chi connectivity index (χ0) is 24.0. The Kier molecular flexibility index (Phi) is 5.40. The minimum absolute atomic E-state index is 0.187. The molecule has 2 saturated carbocycles. The van der Waals surface area contributed by atoms with Gasteiger partial charge >= 0.3 is 0 Å². The van der Waals surface area contributed by atoms with Gasteiger partial charge in [-0.15, -0.1) is 16.9 Å². The van der Waals surface area contributed by atoms with Gasteiger partial charge in [0.15, 0.2) is 22.5 Å². The molecule has 8 nitrogen and oxygen atoms in total. The number of hydrogen-bond donors (Lipinski definition) is 2.